The van der Waals surface area contributed by atoms with Crippen molar-refractivity contribution in [2.45, 2.75) is 13.0 Å². The first kappa shape index (κ1) is 10.2. The molecule has 0 saturated carbocycles. The van der Waals surface area contributed by atoms with Crippen molar-refractivity contribution in [3.8, 4) is 0 Å². The van der Waals surface area contributed by atoms with Crippen molar-refractivity contribution in [3.63, 3.8) is 0 Å². The monoisotopic (exact) mass is 234 g/mol. The highest BCUT2D eigenvalue weighted by Crippen LogP contribution is 2.31. The topological polar surface area (TPSA) is 8.17 Å². The third-order valence-electron chi connectivity index (χ3n) is 3.56. The maximum atomic E-state index is 6.08. The van der Waals surface area contributed by atoms with Gasteiger partial charge < -0.3 is 9.47 Å². The fraction of sp³-hybridized carbons (Fsp3) is 0.385. The molecule has 84 valence electrons. The molecule has 1 aromatic heterocycles. The van der Waals surface area contributed by atoms with Gasteiger partial charge in [-0.3, -0.25) is 0 Å². The van der Waals surface area contributed by atoms with E-state index in [0.29, 0.717) is 0 Å². The van der Waals surface area contributed by atoms with Crippen LogP contribution in [-0.2, 0) is 20.0 Å². The molecule has 0 amide bonds. The van der Waals surface area contributed by atoms with Gasteiger partial charge in [-0.25, -0.2) is 0 Å². The van der Waals surface area contributed by atoms with Crippen LogP contribution in [0.1, 0.15) is 11.3 Å². The van der Waals surface area contributed by atoms with E-state index in [1.54, 1.807) is 0 Å². The van der Waals surface area contributed by atoms with Crippen molar-refractivity contribution < 1.29 is 0 Å². The molecule has 0 N–H and O–H groups in total. The van der Waals surface area contributed by atoms with Gasteiger partial charge in [0.2, 0.25) is 0 Å². The highest BCUT2D eigenvalue weighted by molar-refractivity contribution is 6.31. The van der Waals surface area contributed by atoms with Crippen LogP contribution < -0.4 is 0 Å². The highest BCUT2D eigenvalue weighted by Gasteiger charge is 2.20. The maximum Gasteiger partial charge on any atom is 0.0484 e. The Balaban J connectivity index is 2.32. The third-order valence-corrected chi connectivity index (χ3v) is 3.80. The predicted octanol–water partition coefficient (Wildman–Crippen LogP) is 2.82. The van der Waals surface area contributed by atoms with E-state index in [0.717, 1.165) is 24.5 Å². The number of hydrogen-bond donors (Lipinski definition) is 0. The second-order valence-corrected chi connectivity index (χ2v) is 5.07. The molecule has 2 aromatic rings. The summed E-state index contributed by atoms with van der Waals surface area (Å²) >= 11 is 6.08. The summed E-state index contributed by atoms with van der Waals surface area (Å²) in [5.74, 6) is 0. The number of likely N-dealkylation sites (N-methyl/N-ethyl adjacent to an activating group) is 1. The lowest BCUT2D eigenvalue weighted by Gasteiger charge is -2.23. The molecule has 0 aliphatic carbocycles. The van der Waals surface area contributed by atoms with Gasteiger partial charge >= 0.3 is 0 Å². The van der Waals surface area contributed by atoms with Crippen molar-refractivity contribution >= 4 is 22.5 Å². The number of rotatable bonds is 0. The van der Waals surface area contributed by atoms with Crippen molar-refractivity contribution in [1.29, 1.82) is 0 Å². The number of aryl methyl sites for hydroxylation is 1. The molecular weight excluding hydrogens is 220 g/mol. The van der Waals surface area contributed by atoms with Crippen LogP contribution in [-0.4, -0.2) is 23.1 Å². The zero-order valence-electron chi connectivity index (χ0n) is 9.63. The maximum absolute atomic E-state index is 6.08. The van der Waals surface area contributed by atoms with E-state index < -0.39 is 0 Å². The lowest BCUT2D eigenvalue weighted by atomic mass is 10.0. The van der Waals surface area contributed by atoms with Crippen molar-refractivity contribution in [2.24, 2.45) is 7.05 Å². The molecule has 2 nitrogen and oxygen atoms in total. The van der Waals surface area contributed by atoms with E-state index in [4.69, 9.17) is 11.6 Å². The number of hydrogen-bond acceptors (Lipinski definition) is 1. The van der Waals surface area contributed by atoms with Crippen LogP contribution in [0.15, 0.2) is 18.2 Å². The van der Waals surface area contributed by atoms with Gasteiger partial charge in [-0.1, -0.05) is 11.6 Å². The summed E-state index contributed by atoms with van der Waals surface area (Å²) in [4.78, 5) is 2.36. The van der Waals surface area contributed by atoms with Crippen LogP contribution >= 0.6 is 11.6 Å². The highest BCUT2D eigenvalue weighted by atomic mass is 35.5. The van der Waals surface area contributed by atoms with E-state index >= 15 is 0 Å². The van der Waals surface area contributed by atoms with E-state index in [9.17, 15) is 0 Å². The van der Waals surface area contributed by atoms with E-state index in [1.165, 1.54) is 22.2 Å². The lowest BCUT2D eigenvalue weighted by molar-refractivity contribution is 0.305. The van der Waals surface area contributed by atoms with Gasteiger partial charge in [0, 0.05) is 41.8 Å². The predicted molar refractivity (Wildman–Crippen MR) is 68.0 cm³/mol. The first-order chi connectivity index (χ1) is 7.66. The van der Waals surface area contributed by atoms with E-state index in [2.05, 4.69) is 35.7 Å². The van der Waals surface area contributed by atoms with Gasteiger partial charge in [-0.05, 0) is 37.2 Å². The number of halogens is 1. The second kappa shape index (κ2) is 3.51. The SMILES string of the molecule is CN1CCc2c(n(C)c3ccc(Cl)cc23)C1. The number of nitrogens with zero attached hydrogens (tertiary/aromatic N) is 2. The molecule has 0 bridgehead atoms. The summed E-state index contributed by atoms with van der Waals surface area (Å²) in [6, 6.07) is 6.19. The molecule has 0 saturated heterocycles. The van der Waals surface area contributed by atoms with E-state index in [-0.39, 0.29) is 0 Å². The molecule has 3 heteroatoms. The van der Waals surface area contributed by atoms with Crippen LogP contribution in [0, 0.1) is 0 Å². The molecule has 0 atom stereocenters. The molecule has 2 heterocycles. The Morgan fingerprint density at radius 3 is 2.88 bits per heavy atom. The van der Waals surface area contributed by atoms with Crippen molar-refractivity contribution in [2.75, 3.05) is 13.6 Å². The van der Waals surface area contributed by atoms with Crippen molar-refractivity contribution in [3.05, 3.63) is 34.5 Å². The van der Waals surface area contributed by atoms with Gasteiger partial charge in [0.25, 0.3) is 0 Å². The second-order valence-electron chi connectivity index (χ2n) is 4.63. The fourth-order valence-corrected chi connectivity index (χ4v) is 2.84. The van der Waals surface area contributed by atoms with Crippen LogP contribution in [0.4, 0.5) is 0 Å². The summed E-state index contributed by atoms with van der Waals surface area (Å²) in [6.45, 7) is 2.18. The van der Waals surface area contributed by atoms with Crippen LogP contribution in [0.5, 0.6) is 0 Å². The molecular formula is C13H15ClN2. The van der Waals surface area contributed by atoms with Gasteiger partial charge in [-0.15, -0.1) is 0 Å². The summed E-state index contributed by atoms with van der Waals surface area (Å²) in [7, 11) is 4.32. The normalized spacial score (nSPS) is 16.7. The fourth-order valence-electron chi connectivity index (χ4n) is 2.66. The Hall–Kier alpha value is -0.990. The summed E-state index contributed by atoms with van der Waals surface area (Å²) in [5, 5.41) is 2.16. The summed E-state index contributed by atoms with van der Waals surface area (Å²) in [6.07, 6.45) is 1.13. The Bertz CT molecular complexity index is 557. The minimum atomic E-state index is 0.833. The summed E-state index contributed by atoms with van der Waals surface area (Å²) in [5.41, 5.74) is 4.22. The molecule has 3 rings (SSSR count). The third kappa shape index (κ3) is 1.37. The molecule has 1 aliphatic rings. The summed E-state index contributed by atoms with van der Waals surface area (Å²) < 4.78 is 2.30. The van der Waals surface area contributed by atoms with Crippen LogP contribution in [0.2, 0.25) is 5.02 Å². The molecule has 0 radical (unpaired) electrons. The smallest absolute Gasteiger partial charge is 0.0484 e. The molecule has 0 fully saturated rings. The number of benzene rings is 1. The Kier molecular flexibility index (Phi) is 2.23. The Morgan fingerprint density at radius 1 is 1.25 bits per heavy atom. The Labute approximate surface area is 100 Å². The molecule has 1 aliphatic heterocycles. The minimum Gasteiger partial charge on any atom is -0.346 e. The zero-order valence-corrected chi connectivity index (χ0v) is 10.4. The zero-order chi connectivity index (χ0) is 11.3. The van der Waals surface area contributed by atoms with Gasteiger partial charge in [0.1, 0.15) is 0 Å². The average molecular weight is 235 g/mol. The van der Waals surface area contributed by atoms with Gasteiger partial charge in [0.05, 0.1) is 0 Å². The minimum absolute atomic E-state index is 0.833. The van der Waals surface area contributed by atoms with Crippen molar-refractivity contribution in [1.82, 2.24) is 9.47 Å². The molecule has 0 unspecified atom stereocenters. The van der Waals surface area contributed by atoms with Crippen LogP contribution in [0.25, 0.3) is 10.9 Å². The van der Waals surface area contributed by atoms with Gasteiger partial charge in [0.15, 0.2) is 0 Å². The first-order valence-corrected chi connectivity index (χ1v) is 5.99. The average Bonchev–Trinajstić information content (AvgIpc) is 2.52. The molecule has 0 spiro atoms. The molecule has 16 heavy (non-hydrogen) atoms. The quantitative estimate of drug-likeness (QED) is 0.681. The number of aromatic nitrogens is 1. The first-order valence-electron chi connectivity index (χ1n) is 5.61. The largest absolute Gasteiger partial charge is 0.346 e. The van der Waals surface area contributed by atoms with E-state index in [1.807, 2.05) is 6.07 Å². The number of fused-ring (bicyclic) bond motifs is 3. The molecule has 1 aromatic carbocycles. The standard InChI is InChI=1S/C13H15ClN2/c1-15-6-5-10-11-7-9(14)3-4-12(11)16(2)13(10)8-15/h3-4,7H,5-6,8H2,1-2H3. The Morgan fingerprint density at radius 2 is 2.06 bits per heavy atom. The van der Waals surface area contributed by atoms with Gasteiger partial charge in [-0.2, -0.15) is 0 Å². The lowest BCUT2D eigenvalue weighted by Crippen LogP contribution is -2.27. The van der Waals surface area contributed by atoms with Crippen LogP contribution in [0.3, 0.4) is 0 Å².